The zero-order valence-electron chi connectivity index (χ0n) is 7.74. The van der Waals surface area contributed by atoms with Gasteiger partial charge in [0.2, 0.25) is 0 Å². The Kier molecular flexibility index (Phi) is 2.93. The molecule has 13 heavy (non-hydrogen) atoms. The largest absolute Gasteiger partial charge is 0.355 e. The minimum Gasteiger partial charge on any atom is -0.355 e. The molecule has 2 heterocycles. The first-order chi connectivity index (χ1) is 6.42. The molecule has 2 saturated heterocycles. The van der Waals surface area contributed by atoms with Crippen molar-refractivity contribution in [1.29, 1.82) is 0 Å². The Morgan fingerprint density at radius 3 is 3.08 bits per heavy atom. The van der Waals surface area contributed by atoms with Crippen LogP contribution >= 0.6 is 0 Å². The number of rotatable bonds is 2. The van der Waals surface area contributed by atoms with E-state index in [-0.39, 0.29) is 6.23 Å². The highest BCUT2D eigenvalue weighted by Gasteiger charge is 2.31. The Bertz CT molecular complexity index is 180. The predicted molar refractivity (Wildman–Crippen MR) is 48.2 cm³/mol. The molecule has 0 aromatic rings. The normalized spacial score (nSPS) is 36.3. The summed E-state index contributed by atoms with van der Waals surface area (Å²) in [6.07, 6.45) is 4.57. The summed E-state index contributed by atoms with van der Waals surface area (Å²) in [5.41, 5.74) is 0. The van der Waals surface area contributed by atoms with Crippen molar-refractivity contribution in [3.8, 4) is 0 Å². The van der Waals surface area contributed by atoms with Crippen molar-refractivity contribution >= 4 is 6.29 Å². The molecule has 0 amide bonds. The Labute approximate surface area is 78.2 Å². The number of hydrogen-bond acceptors (Lipinski definition) is 4. The molecule has 0 aliphatic carbocycles. The van der Waals surface area contributed by atoms with Gasteiger partial charge >= 0.3 is 0 Å². The predicted octanol–water partition coefficient (Wildman–Crippen LogP) is -0.0568. The van der Waals surface area contributed by atoms with E-state index in [9.17, 15) is 4.79 Å². The van der Waals surface area contributed by atoms with Gasteiger partial charge < -0.3 is 10.1 Å². The van der Waals surface area contributed by atoms with Crippen LogP contribution in [0, 0.1) is 0 Å². The molecule has 0 saturated carbocycles. The van der Waals surface area contributed by atoms with Crippen molar-refractivity contribution < 1.29 is 9.53 Å². The smallest absolute Gasteiger partial charge is 0.168 e. The molecule has 0 aromatic heterocycles. The van der Waals surface area contributed by atoms with Crippen LogP contribution in [0.3, 0.4) is 0 Å². The van der Waals surface area contributed by atoms with Crippen LogP contribution in [-0.2, 0) is 9.53 Å². The summed E-state index contributed by atoms with van der Waals surface area (Å²) in [7, 11) is 0. The van der Waals surface area contributed by atoms with E-state index in [1.165, 1.54) is 12.8 Å². The van der Waals surface area contributed by atoms with E-state index in [1.807, 2.05) is 0 Å². The zero-order chi connectivity index (χ0) is 9.10. The van der Waals surface area contributed by atoms with E-state index >= 15 is 0 Å². The van der Waals surface area contributed by atoms with Crippen LogP contribution in [0.5, 0.6) is 0 Å². The first-order valence-electron chi connectivity index (χ1n) is 4.98. The topological polar surface area (TPSA) is 41.6 Å². The molecule has 0 radical (unpaired) electrons. The zero-order valence-corrected chi connectivity index (χ0v) is 7.74. The maximum absolute atomic E-state index is 10.7. The van der Waals surface area contributed by atoms with E-state index in [2.05, 4.69) is 10.2 Å². The summed E-state index contributed by atoms with van der Waals surface area (Å²) in [4.78, 5) is 12.8. The number of nitrogens with zero attached hydrogens (tertiary/aromatic N) is 1. The van der Waals surface area contributed by atoms with Gasteiger partial charge in [-0.3, -0.25) is 9.69 Å². The Balaban J connectivity index is 1.93. The molecule has 4 heteroatoms. The second-order valence-electron chi connectivity index (χ2n) is 3.60. The van der Waals surface area contributed by atoms with Crippen LogP contribution in [0.15, 0.2) is 0 Å². The maximum Gasteiger partial charge on any atom is 0.168 e. The number of nitrogens with one attached hydrogen (secondary N) is 1. The van der Waals surface area contributed by atoms with E-state index in [0.717, 1.165) is 25.8 Å². The fraction of sp³-hybridized carbons (Fsp3) is 0.889. The highest BCUT2D eigenvalue weighted by atomic mass is 16.5. The van der Waals surface area contributed by atoms with Crippen molar-refractivity contribution in [3.05, 3.63) is 0 Å². The average molecular weight is 184 g/mol. The number of carbonyl (C=O) groups excluding carboxylic acids is 1. The average Bonchev–Trinajstić information content (AvgIpc) is 2.67. The number of carbonyl (C=O) groups is 1. The quantitative estimate of drug-likeness (QED) is 0.611. The molecule has 1 N–H and O–H groups in total. The molecule has 2 fully saturated rings. The van der Waals surface area contributed by atoms with Crippen LogP contribution in [0.4, 0.5) is 0 Å². The van der Waals surface area contributed by atoms with Crippen molar-refractivity contribution in [1.82, 2.24) is 10.2 Å². The first kappa shape index (κ1) is 9.12. The lowest BCUT2D eigenvalue weighted by atomic mass is 10.1. The third kappa shape index (κ3) is 1.90. The lowest BCUT2D eigenvalue weighted by molar-refractivity contribution is -0.123. The highest BCUT2D eigenvalue weighted by molar-refractivity contribution is 5.55. The third-order valence-electron chi connectivity index (χ3n) is 2.77. The van der Waals surface area contributed by atoms with Gasteiger partial charge in [0, 0.05) is 6.54 Å². The van der Waals surface area contributed by atoms with Gasteiger partial charge in [-0.05, 0) is 25.8 Å². The molecule has 74 valence electrons. The maximum atomic E-state index is 10.7. The highest BCUT2D eigenvalue weighted by Crippen LogP contribution is 2.17. The summed E-state index contributed by atoms with van der Waals surface area (Å²) in [6, 6.07) is 0. The van der Waals surface area contributed by atoms with Crippen LogP contribution in [0.1, 0.15) is 19.3 Å². The van der Waals surface area contributed by atoms with Gasteiger partial charge in [-0.15, -0.1) is 0 Å². The van der Waals surface area contributed by atoms with Crippen molar-refractivity contribution in [3.63, 3.8) is 0 Å². The molecular weight excluding hydrogens is 168 g/mol. The molecule has 0 aromatic carbocycles. The molecule has 2 aliphatic rings. The van der Waals surface area contributed by atoms with E-state index < -0.39 is 0 Å². The molecule has 2 aliphatic heterocycles. The van der Waals surface area contributed by atoms with Gasteiger partial charge in [-0.2, -0.15) is 0 Å². The van der Waals surface area contributed by atoms with E-state index in [1.54, 1.807) is 0 Å². The van der Waals surface area contributed by atoms with Crippen molar-refractivity contribution in [2.75, 3.05) is 19.7 Å². The first-order valence-corrected chi connectivity index (χ1v) is 4.98. The monoisotopic (exact) mass is 184 g/mol. The van der Waals surface area contributed by atoms with E-state index in [4.69, 9.17) is 4.74 Å². The third-order valence-corrected chi connectivity index (χ3v) is 2.77. The van der Waals surface area contributed by atoms with Gasteiger partial charge in [-0.1, -0.05) is 0 Å². The number of hydrogen-bond donors (Lipinski definition) is 1. The summed E-state index contributed by atoms with van der Waals surface area (Å²) in [5, 5.41) is 3.41. The van der Waals surface area contributed by atoms with Gasteiger partial charge in [0.15, 0.2) is 12.5 Å². The second kappa shape index (κ2) is 4.17. The number of piperidine rings is 1. The van der Waals surface area contributed by atoms with Crippen molar-refractivity contribution in [2.45, 2.75) is 31.7 Å². The molecular formula is C9H16N2O2. The standard InChI is InChI=1S/C9H16N2O2/c12-7-9-11(5-6-13-9)8-3-1-2-4-10-8/h7-10H,1-6H2. The van der Waals surface area contributed by atoms with Gasteiger partial charge in [0.05, 0.1) is 12.8 Å². The number of aldehydes is 1. The summed E-state index contributed by atoms with van der Waals surface area (Å²) in [5.74, 6) is 0. The summed E-state index contributed by atoms with van der Waals surface area (Å²) in [6.45, 7) is 2.62. The lowest BCUT2D eigenvalue weighted by Crippen LogP contribution is -2.50. The molecule has 0 bridgehead atoms. The van der Waals surface area contributed by atoms with Gasteiger partial charge in [0.1, 0.15) is 0 Å². The van der Waals surface area contributed by atoms with Crippen LogP contribution in [-0.4, -0.2) is 43.3 Å². The van der Waals surface area contributed by atoms with Crippen LogP contribution in [0.25, 0.3) is 0 Å². The summed E-state index contributed by atoms with van der Waals surface area (Å²) < 4.78 is 5.29. The van der Waals surface area contributed by atoms with Gasteiger partial charge in [-0.25, -0.2) is 0 Å². The van der Waals surface area contributed by atoms with Gasteiger partial charge in [0.25, 0.3) is 0 Å². The SMILES string of the molecule is O=CC1OCCN1C1CCCCN1. The molecule has 2 rings (SSSR count). The van der Waals surface area contributed by atoms with Crippen molar-refractivity contribution in [2.24, 2.45) is 0 Å². The minimum absolute atomic E-state index is 0.310. The Morgan fingerprint density at radius 2 is 2.38 bits per heavy atom. The molecule has 0 spiro atoms. The Hall–Kier alpha value is -0.450. The minimum atomic E-state index is -0.310. The fourth-order valence-corrected chi connectivity index (χ4v) is 2.07. The van der Waals surface area contributed by atoms with E-state index in [0.29, 0.717) is 12.8 Å². The molecule has 2 atom stereocenters. The van der Waals surface area contributed by atoms with Crippen LogP contribution in [0.2, 0.25) is 0 Å². The number of ether oxygens (including phenoxy) is 1. The second-order valence-corrected chi connectivity index (χ2v) is 3.60. The van der Waals surface area contributed by atoms with Crippen LogP contribution < -0.4 is 5.32 Å². The lowest BCUT2D eigenvalue weighted by Gasteiger charge is -2.32. The summed E-state index contributed by atoms with van der Waals surface area (Å²) >= 11 is 0. The Morgan fingerprint density at radius 1 is 1.46 bits per heavy atom. The fourth-order valence-electron chi connectivity index (χ4n) is 2.07. The molecule has 2 unspecified atom stereocenters. The molecule has 4 nitrogen and oxygen atoms in total.